The molecule has 2 unspecified atom stereocenters. The Hall–Kier alpha value is -1.47. The number of aromatic nitrogens is 5. The molecule has 2 atom stereocenters. The smallest absolute Gasteiger partial charge is 0.184 e. The first-order chi connectivity index (χ1) is 7.75. The molecule has 17 heavy (non-hydrogen) atoms. The molecule has 1 fully saturated rings. The summed E-state index contributed by atoms with van der Waals surface area (Å²) in [5.41, 5.74) is 6.86. The fourth-order valence-corrected chi connectivity index (χ4v) is 2.18. The van der Waals surface area contributed by atoms with Crippen molar-refractivity contribution in [1.82, 2.24) is 25.0 Å². The SMILES string of the molecule is Cl.Nc1ncnc2c1nnn2C1CCC(O)C1. The zero-order valence-corrected chi connectivity index (χ0v) is 9.84. The Morgan fingerprint density at radius 3 is 2.88 bits per heavy atom. The monoisotopic (exact) mass is 256 g/mol. The van der Waals surface area contributed by atoms with Crippen LogP contribution in [0.3, 0.4) is 0 Å². The van der Waals surface area contributed by atoms with E-state index in [1.807, 2.05) is 0 Å². The maximum absolute atomic E-state index is 9.51. The number of nitrogens with two attached hydrogens (primary N) is 1. The highest BCUT2D eigenvalue weighted by molar-refractivity contribution is 5.85. The van der Waals surface area contributed by atoms with Gasteiger partial charge in [-0.1, -0.05) is 5.21 Å². The Kier molecular flexibility index (Phi) is 3.12. The molecular formula is C9H13ClN6O. The summed E-state index contributed by atoms with van der Waals surface area (Å²) in [6.45, 7) is 0. The summed E-state index contributed by atoms with van der Waals surface area (Å²) in [6.07, 6.45) is 3.55. The molecule has 8 heteroatoms. The van der Waals surface area contributed by atoms with Gasteiger partial charge in [0.2, 0.25) is 0 Å². The molecule has 2 aromatic heterocycles. The number of aliphatic hydroxyl groups excluding tert-OH is 1. The van der Waals surface area contributed by atoms with Crippen molar-refractivity contribution in [3.63, 3.8) is 0 Å². The zero-order valence-electron chi connectivity index (χ0n) is 9.02. The second kappa shape index (κ2) is 4.42. The first-order valence-corrected chi connectivity index (χ1v) is 5.25. The molecule has 0 radical (unpaired) electrons. The molecule has 0 aromatic carbocycles. The number of anilines is 1. The average molecular weight is 257 g/mol. The number of nitrogen functional groups attached to an aromatic ring is 1. The predicted molar refractivity (Wildman–Crippen MR) is 63.7 cm³/mol. The molecule has 1 aliphatic carbocycles. The minimum Gasteiger partial charge on any atom is -0.393 e. The third-order valence-electron chi connectivity index (χ3n) is 3.01. The van der Waals surface area contributed by atoms with Crippen LogP contribution in [-0.2, 0) is 0 Å². The summed E-state index contributed by atoms with van der Waals surface area (Å²) in [4.78, 5) is 8.00. The van der Waals surface area contributed by atoms with Crippen LogP contribution in [0.15, 0.2) is 6.33 Å². The number of nitrogens with zero attached hydrogens (tertiary/aromatic N) is 5. The van der Waals surface area contributed by atoms with Crippen LogP contribution in [-0.4, -0.2) is 36.2 Å². The van der Waals surface area contributed by atoms with Crippen molar-refractivity contribution < 1.29 is 5.11 Å². The van der Waals surface area contributed by atoms with Crippen molar-refractivity contribution >= 4 is 29.4 Å². The Bertz CT molecular complexity index is 529. The summed E-state index contributed by atoms with van der Waals surface area (Å²) < 4.78 is 1.74. The summed E-state index contributed by atoms with van der Waals surface area (Å²) in [6, 6.07) is 0.161. The van der Waals surface area contributed by atoms with Crippen LogP contribution in [0.2, 0.25) is 0 Å². The van der Waals surface area contributed by atoms with Crippen LogP contribution in [0.4, 0.5) is 5.82 Å². The number of halogens is 1. The molecule has 3 N–H and O–H groups in total. The Labute approximate surface area is 103 Å². The van der Waals surface area contributed by atoms with Crippen LogP contribution in [0, 0.1) is 0 Å². The highest BCUT2D eigenvalue weighted by atomic mass is 35.5. The predicted octanol–water partition coefficient (Wildman–Crippen LogP) is 0.311. The second-order valence-corrected chi connectivity index (χ2v) is 4.09. The largest absolute Gasteiger partial charge is 0.393 e. The molecule has 92 valence electrons. The van der Waals surface area contributed by atoms with Crippen molar-refractivity contribution in [2.75, 3.05) is 5.73 Å². The normalized spacial score (nSPS) is 23.8. The maximum atomic E-state index is 9.51. The van der Waals surface area contributed by atoms with Gasteiger partial charge in [-0.3, -0.25) is 0 Å². The van der Waals surface area contributed by atoms with E-state index in [1.54, 1.807) is 4.68 Å². The van der Waals surface area contributed by atoms with Gasteiger partial charge in [0.1, 0.15) is 6.33 Å². The van der Waals surface area contributed by atoms with Crippen molar-refractivity contribution in [3.8, 4) is 0 Å². The van der Waals surface area contributed by atoms with Gasteiger partial charge in [-0.15, -0.1) is 17.5 Å². The van der Waals surface area contributed by atoms with Crippen LogP contribution in [0.5, 0.6) is 0 Å². The molecule has 2 aromatic rings. The summed E-state index contributed by atoms with van der Waals surface area (Å²) in [5.74, 6) is 0.342. The van der Waals surface area contributed by atoms with E-state index in [9.17, 15) is 5.11 Å². The lowest BCUT2D eigenvalue weighted by atomic mass is 10.2. The number of fused-ring (bicyclic) bond motifs is 1. The van der Waals surface area contributed by atoms with E-state index in [4.69, 9.17) is 5.73 Å². The molecule has 0 saturated heterocycles. The first kappa shape index (κ1) is 12.0. The molecule has 7 nitrogen and oxygen atoms in total. The Morgan fingerprint density at radius 2 is 2.18 bits per heavy atom. The van der Waals surface area contributed by atoms with Crippen molar-refractivity contribution in [2.24, 2.45) is 0 Å². The van der Waals surface area contributed by atoms with Crippen molar-refractivity contribution in [2.45, 2.75) is 31.4 Å². The minimum atomic E-state index is -0.247. The summed E-state index contributed by atoms with van der Waals surface area (Å²) in [7, 11) is 0. The van der Waals surface area contributed by atoms with Gasteiger partial charge in [-0.2, -0.15) is 0 Å². The van der Waals surface area contributed by atoms with Gasteiger partial charge in [0.15, 0.2) is 17.0 Å². The first-order valence-electron chi connectivity index (χ1n) is 5.25. The van der Waals surface area contributed by atoms with Crippen LogP contribution < -0.4 is 5.73 Å². The number of hydrogen-bond donors (Lipinski definition) is 2. The number of aliphatic hydroxyl groups is 1. The topological polar surface area (TPSA) is 103 Å². The molecular weight excluding hydrogens is 244 g/mol. The zero-order chi connectivity index (χ0) is 11.1. The van der Waals surface area contributed by atoms with Gasteiger partial charge in [-0.25, -0.2) is 14.6 Å². The fourth-order valence-electron chi connectivity index (χ4n) is 2.18. The third kappa shape index (κ3) is 1.91. The van der Waals surface area contributed by atoms with Gasteiger partial charge in [0.05, 0.1) is 12.1 Å². The molecule has 0 amide bonds. The molecule has 0 spiro atoms. The van der Waals surface area contributed by atoms with Crippen LogP contribution >= 0.6 is 12.4 Å². The Morgan fingerprint density at radius 1 is 1.35 bits per heavy atom. The lowest BCUT2D eigenvalue weighted by molar-refractivity contribution is 0.177. The van der Waals surface area contributed by atoms with E-state index >= 15 is 0 Å². The van der Waals surface area contributed by atoms with Gasteiger partial charge in [0.25, 0.3) is 0 Å². The van der Waals surface area contributed by atoms with E-state index < -0.39 is 0 Å². The average Bonchev–Trinajstić information content (AvgIpc) is 2.84. The highest BCUT2D eigenvalue weighted by Crippen LogP contribution is 2.31. The summed E-state index contributed by atoms with van der Waals surface area (Å²) in [5, 5.41) is 17.5. The number of hydrogen-bond acceptors (Lipinski definition) is 6. The molecule has 2 heterocycles. The lowest BCUT2D eigenvalue weighted by Gasteiger charge is -2.08. The number of rotatable bonds is 1. The molecule has 1 aliphatic rings. The van der Waals surface area contributed by atoms with Crippen LogP contribution in [0.1, 0.15) is 25.3 Å². The van der Waals surface area contributed by atoms with Gasteiger partial charge < -0.3 is 10.8 Å². The lowest BCUT2D eigenvalue weighted by Crippen LogP contribution is -2.09. The van der Waals surface area contributed by atoms with E-state index in [0.717, 1.165) is 12.8 Å². The second-order valence-electron chi connectivity index (χ2n) is 4.09. The standard InChI is InChI=1S/C9H12N6O.ClH/c10-8-7-9(12-4-11-8)15(14-13-7)5-1-2-6(16)3-5;/h4-6,16H,1-3H2,(H2,10,11,12);1H. The van der Waals surface area contributed by atoms with E-state index in [0.29, 0.717) is 23.4 Å². The van der Waals surface area contributed by atoms with E-state index in [2.05, 4.69) is 20.3 Å². The van der Waals surface area contributed by atoms with Gasteiger partial charge in [0, 0.05) is 0 Å². The van der Waals surface area contributed by atoms with Crippen LogP contribution in [0.25, 0.3) is 11.2 Å². The molecule has 1 saturated carbocycles. The van der Waals surface area contributed by atoms with E-state index in [-0.39, 0.29) is 24.6 Å². The molecule has 0 bridgehead atoms. The summed E-state index contributed by atoms with van der Waals surface area (Å²) >= 11 is 0. The van der Waals surface area contributed by atoms with Crippen molar-refractivity contribution in [1.29, 1.82) is 0 Å². The van der Waals surface area contributed by atoms with E-state index in [1.165, 1.54) is 6.33 Å². The van der Waals surface area contributed by atoms with Gasteiger partial charge >= 0.3 is 0 Å². The maximum Gasteiger partial charge on any atom is 0.184 e. The Balaban J connectivity index is 0.00000108. The van der Waals surface area contributed by atoms with Crippen molar-refractivity contribution in [3.05, 3.63) is 6.33 Å². The molecule has 0 aliphatic heterocycles. The molecule has 3 rings (SSSR count). The minimum absolute atomic E-state index is 0. The highest BCUT2D eigenvalue weighted by Gasteiger charge is 2.27. The van der Waals surface area contributed by atoms with Gasteiger partial charge in [-0.05, 0) is 19.3 Å². The third-order valence-corrected chi connectivity index (χ3v) is 3.01. The quantitative estimate of drug-likeness (QED) is 0.761. The fraction of sp³-hybridized carbons (Fsp3) is 0.556.